The average molecular weight is 362 g/mol. The van der Waals surface area contributed by atoms with Gasteiger partial charge in [-0.15, -0.1) is 0 Å². The largest absolute Gasteiger partial charge is 0.478 e. The number of aromatic carboxylic acids is 1. The standard InChI is InChI=1S/C15H20ClNO5S/c1-9-6-17(7-10(2)22-9)8-12-13(23(3,20)21)5-4-11(14(12)16)15(18)19/h4-5,9-10H,6-8H2,1-3H3,(H,18,19). The molecule has 2 atom stereocenters. The minimum Gasteiger partial charge on any atom is -0.478 e. The van der Waals surface area contributed by atoms with Crippen LogP contribution in [0.3, 0.4) is 0 Å². The van der Waals surface area contributed by atoms with E-state index in [4.69, 9.17) is 16.3 Å². The van der Waals surface area contributed by atoms with Gasteiger partial charge >= 0.3 is 5.97 Å². The SMILES string of the molecule is CC1CN(Cc2c(S(C)(=O)=O)ccc(C(=O)O)c2Cl)CC(C)O1. The number of benzene rings is 1. The molecular weight excluding hydrogens is 342 g/mol. The zero-order valence-corrected chi connectivity index (χ0v) is 14.8. The van der Waals surface area contributed by atoms with Crippen molar-refractivity contribution >= 4 is 27.4 Å². The Balaban J connectivity index is 2.46. The molecule has 1 fully saturated rings. The monoisotopic (exact) mass is 361 g/mol. The van der Waals surface area contributed by atoms with Gasteiger partial charge in [-0.3, -0.25) is 4.90 Å². The molecule has 0 amide bonds. The average Bonchev–Trinajstić information content (AvgIpc) is 2.38. The highest BCUT2D eigenvalue weighted by atomic mass is 35.5. The summed E-state index contributed by atoms with van der Waals surface area (Å²) < 4.78 is 29.7. The Bertz CT molecular complexity index is 709. The van der Waals surface area contributed by atoms with Crippen molar-refractivity contribution in [3.8, 4) is 0 Å². The first-order chi connectivity index (χ1) is 10.6. The Labute approximate surface area is 140 Å². The van der Waals surface area contributed by atoms with Crippen LogP contribution < -0.4 is 0 Å². The Morgan fingerprint density at radius 3 is 2.39 bits per heavy atom. The Morgan fingerprint density at radius 1 is 1.35 bits per heavy atom. The third kappa shape index (κ3) is 4.23. The first kappa shape index (κ1) is 18.2. The van der Waals surface area contributed by atoms with E-state index in [0.717, 1.165) is 6.26 Å². The molecule has 0 aromatic heterocycles. The Kier molecular flexibility index (Phi) is 5.35. The maximum Gasteiger partial charge on any atom is 0.337 e. The number of sulfone groups is 1. The fourth-order valence-corrected chi connectivity index (χ4v) is 4.19. The fourth-order valence-electron chi connectivity index (χ4n) is 2.90. The minimum atomic E-state index is -3.51. The molecule has 1 saturated heterocycles. The van der Waals surface area contributed by atoms with Gasteiger partial charge in [0.15, 0.2) is 9.84 Å². The summed E-state index contributed by atoms with van der Waals surface area (Å²) in [6.07, 6.45) is 1.12. The Hall–Kier alpha value is -1.15. The van der Waals surface area contributed by atoms with Crippen LogP contribution in [0.15, 0.2) is 17.0 Å². The zero-order chi connectivity index (χ0) is 17.4. The van der Waals surface area contributed by atoms with E-state index in [0.29, 0.717) is 18.7 Å². The molecule has 0 saturated carbocycles. The molecule has 128 valence electrons. The van der Waals surface area contributed by atoms with Gasteiger partial charge in [-0.05, 0) is 26.0 Å². The van der Waals surface area contributed by atoms with Crippen molar-refractivity contribution in [2.24, 2.45) is 0 Å². The third-order valence-electron chi connectivity index (χ3n) is 3.71. The molecule has 1 N–H and O–H groups in total. The van der Waals surface area contributed by atoms with Crippen molar-refractivity contribution in [1.29, 1.82) is 0 Å². The molecule has 0 bridgehead atoms. The van der Waals surface area contributed by atoms with Crippen LogP contribution in [0.2, 0.25) is 5.02 Å². The summed E-state index contributed by atoms with van der Waals surface area (Å²) in [6.45, 7) is 5.40. The molecular formula is C15H20ClNO5S. The molecule has 23 heavy (non-hydrogen) atoms. The number of ether oxygens (including phenoxy) is 1. The van der Waals surface area contributed by atoms with E-state index in [1.165, 1.54) is 12.1 Å². The lowest BCUT2D eigenvalue weighted by Crippen LogP contribution is -2.45. The molecule has 0 aliphatic carbocycles. The highest BCUT2D eigenvalue weighted by molar-refractivity contribution is 7.90. The molecule has 1 aromatic rings. The summed E-state index contributed by atoms with van der Waals surface area (Å²) in [6, 6.07) is 2.54. The molecule has 1 aliphatic rings. The number of carboxylic acid groups (broad SMARTS) is 1. The van der Waals surface area contributed by atoms with Crippen molar-refractivity contribution in [2.45, 2.75) is 37.5 Å². The van der Waals surface area contributed by atoms with Gasteiger partial charge in [-0.25, -0.2) is 13.2 Å². The molecule has 2 unspecified atom stereocenters. The first-order valence-corrected chi connectivity index (χ1v) is 9.49. The van der Waals surface area contributed by atoms with E-state index in [2.05, 4.69) is 0 Å². The van der Waals surface area contributed by atoms with Gasteiger partial charge < -0.3 is 9.84 Å². The summed E-state index contributed by atoms with van der Waals surface area (Å²) in [5.74, 6) is -1.18. The van der Waals surface area contributed by atoms with Crippen LogP contribution in [0.25, 0.3) is 0 Å². The number of halogens is 1. The minimum absolute atomic E-state index is 0.0156. The van der Waals surface area contributed by atoms with Gasteiger partial charge in [0.1, 0.15) is 0 Å². The molecule has 0 radical (unpaired) electrons. The number of morpholine rings is 1. The highest BCUT2D eigenvalue weighted by Crippen LogP contribution is 2.30. The van der Waals surface area contributed by atoms with E-state index in [-0.39, 0.29) is 34.2 Å². The number of carboxylic acids is 1. The van der Waals surface area contributed by atoms with Gasteiger partial charge in [0.25, 0.3) is 0 Å². The van der Waals surface area contributed by atoms with Gasteiger partial charge in [0.05, 0.1) is 27.7 Å². The quantitative estimate of drug-likeness (QED) is 0.883. The number of hydrogen-bond donors (Lipinski definition) is 1. The first-order valence-electron chi connectivity index (χ1n) is 7.22. The van der Waals surface area contributed by atoms with Crippen LogP contribution in [0, 0.1) is 0 Å². The third-order valence-corrected chi connectivity index (χ3v) is 5.32. The predicted octanol–water partition coefficient (Wildman–Crippen LogP) is 2.05. The predicted molar refractivity (Wildman–Crippen MR) is 86.8 cm³/mol. The van der Waals surface area contributed by atoms with E-state index >= 15 is 0 Å². The second-order valence-electron chi connectivity index (χ2n) is 5.93. The number of rotatable bonds is 4. The van der Waals surface area contributed by atoms with Crippen LogP contribution in [-0.4, -0.2) is 55.9 Å². The van der Waals surface area contributed by atoms with E-state index in [9.17, 15) is 18.3 Å². The number of carbonyl (C=O) groups is 1. The van der Waals surface area contributed by atoms with Crippen LogP contribution in [0.5, 0.6) is 0 Å². The van der Waals surface area contributed by atoms with Crippen LogP contribution in [0.4, 0.5) is 0 Å². The molecule has 2 rings (SSSR count). The van der Waals surface area contributed by atoms with Crippen LogP contribution in [-0.2, 0) is 21.1 Å². The molecule has 8 heteroatoms. The van der Waals surface area contributed by atoms with Gasteiger partial charge in [-0.2, -0.15) is 0 Å². The summed E-state index contributed by atoms with van der Waals surface area (Å²) in [5.41, 5.74) is 0.235. The van der Waals surface area contributed by atoms with Crippen molar-refractivity contribution in [1.82, 2.24) is 4.90 Å². The van der Waals surface area contributed by atoms with Gasteiger partial charge in [0, 0.05) is 31.5 Å². The smallest absolute Gasteiger partial charge is 0.337 e. The lowest BCUT2D eigenvalue weighted by molar-refractivity contribution is -0.0706. The van der Waals surface area contributed by atoms with Crippen molar-refractivity contribution in [3.05, 3.63) is 28.3 Å². The summed E-state index contributed by atoms with van der Waals surface area (Å²) in [7, 11) is -3.51. The Morgan fingerprint density at radius 2 is 1.91 bits per heavy atom. The van der Waals surface area contributed by atoms with Crippen molar-refractivity contribution in [3.63, 3.8) is 0 Å². The second kappa shape index (κ2) is 6.76. The normalized spacial score (nSPS) is 23.0. The van der Waals surface area contributed by atoms with Gasteiger partial charge in [-0.1, -0.05) is 11.6 Å². The number of hydrogen-bond acceptors (Lipinski definition) is 5. The van der Waals surface area contributed by atoms with Crippen LogP contribution >= 0.6 is 11.6 Å². The van der Waals surface area contributed by atoms with Crippen molar-refractivity contribution < 1.29 is 23.1 Å². The summed E-state index contributed by atoms with van der Waals surface area (Å²) >= 11 is 6.20. The lowest BCUT2D eigenvalue weighted by atomic mass is 10.1. The second-order valence-corrected chi connectivity index (χ2v) is 8.29. The van der Waals surface area contributed by atoms with E-state index in [1.807, 2.05) is 18.7 Å². The molecule has 6 nitrogen and oxygen atoms in total. The summed E-state index contributed by atoms with van der Waals surface area (Å²) in [4.78, 5) is 13.4. The topological polar surface area (TPSA) is 83.9 Å². The number of nitrogens with zero attached hydrogens (tertiary/aromatic N) is 1. The molecule has 1 aliphatic heterocycles. The molecule has 0 spiro atoms. The van der Waals surface area contributed by atoms with Crippen LogP contribution in [0.1, 0.15) is 29.8 Å². The summed E-state index contributed by atoms with van der Waals surface area (Å²) in [5, 5.41) is 9.19. The molecule has 1 heterocycles. The maximum atomic E-state index is 12.0. The molecule has 1 aromatic carbocycles. The van der Waals surface area contributed by atoms with Crippen molar-refractivity contribution in [2.75, 3.05) is 19.3 Å². The van der Waals surface area contributed by atoms with E-state index < -0.39 is 15.8 Å². The van der Waals surface area contributed by atoms with Gasteiger partial charge in [0.2, 0.25) is 0 Å². The lowest BCUT2D eigenvalue weighted by Gasteiger charge is -2.35. The highest BCUT2D eigenvalue weighted by Gasteiger charge is 2.27. The zero-order valence-electron chi connectivity index (χ0n) is 13.2. The van der Waals surface area contributed by atoms with E-state index in [1.54, 1.807) is 0 Å². The maximum absolute atomic E-state index is 12.0. The fraction of sp³-hybridized carbons (Fsp3) is 0.533.